The van der Waals surface area contributed by atoms with Crippen LogP contribution in [-0.2, 0) is 10.0 Å². The van der Waals surface area contributed by atoms with Gasteiger partial charge in [0.05, 0.1) is 23.6 Å². The van der Waals surface area contributed by atoms with Crippen LogP contribution in [0.25, 0.3) is 10.9 Å². The third-order valence-corrected chi connectivity index (χ3v) is 11.7. The average Bonchev–Trinajstić information content (AvgIpc) is 3.86. The number of rotatable bonds is 9. The molecule has 2 aliphatic rings. The molecule has 5 aromatic rings. The SMILES string of the molecule is COc1cc(S(=O)(=O)N2CCC(c3c4cc(C(c5ccc(Cl)cc5)c5ccc(Cl)cc5)ccc4nn3C3CC3)CC2)ccc1C(=O)O. The van der Waals surface area contributed by atoms with Crippen LogP contribution < -0.4 is 4.74 Å². The fraction of sp³-hybridized carbons (Fsp3) is 0.278. The second-order valence-corrected chi connectivity index (χ2v) is 15.0. The number of nitrogens with zero attached hydrogens (tertiary/aromatic N) is 3. The summed E-state index contributed by atoms with van der Waals surface area (Å²) < 4.78 is 36.2. The molecular weight excluding hydrogens is 657 g/mol. The number of hydrogen-bond acceptors (Lipinski definition) is 5. The second kappa shape index (κ2) is 12.6. The van der Waals surface area contributed by atoms with Crippen LogP contribution in [-0.4, -0.2) is 53.8 Å². The number of hydrogen-bond donors (Lipinski definition) is 1. The number of fused-ring (bicyclic) bond motifs is 1. The van der Waals surface area contributed by atoms with Gasteiger partial charge in [0.1, 0.15) is 11.3 Å². The Bertz CT molecular complexity index is 2020. The maximum atomic E-state index is 13.6. The van der Waals surface area contributed by atoms with E-state index in [1.165, 1.54) is 35.3 Å². The van der Waals surface area contributed by atoms with Gasteiger partial charge in [-0.1, -0.05) is 53.5 Å². The first-order valence-electron chi connectivity index (χ1n) is 15.6. The molecular formula is C36H33Cl2N3O5S. The van der Waals surface area contributed by atoms with Gasteiger partial charge < -0.3 is 9.84 Å². The fourth-order valence-electron chi connectivity index (χ4n) is 6.74. The van der Waals surface area contributed by atoms with Gasteiger partial charge in [-0.2, -0.15) is 9.40 Å². The number of piperidine rings is 1. The molecule has 1 saturated carbocycles. The van der Waals surface area contributed by atoms with E-state index in [2.05, 4.69) is 47.1 Å². The minimum atomic E-state index is -3.85. The van der Waals surface area contributed by atoms with Crippen molar-refractivity contribution in [1.29, 1.82) is 0 Å². The molecule has 0 bridgehead atoms. The molecule has 7 rings (SSSR count). The van der Waals surface area contributed by atoms with Gasteiger partial charge in [-0.3, -0.25) is 4.68 Å². The van der Waals surface area contributed by atoms with Crippen LogP contribution in [0.3, 0.4) is 0 Å². The van der Waals surface area contributed by atoms with Gasteiger partial charge in [0.25, 0.3) is 0 Å². The minimum Gasteiger partial charge on any atom is -0.496 e. The van der Waals surface area contributed by atoms with Crippen molar-refractivity contribution in [2.75, 3.05) is 20.2 Å². The van der Waals surface area contributed by atoms with Crippen molar-refractivity contribution in [1.82, 2.24) is 14.1 Å². The van der Waals surface area contributed by atoms with E-state index >= 15 is 0 Å². The Balaban J connectivity index is 1.22. The predicted molar refractivity (Wildman–Crippen MR) is 183 cm³/mol. The summed E-state index contributed by atoms with van der Waals surface area (Å²) in [6, 6.07) is 26.6. The van der Waals surface area contributed by atoms with E-state index in [9.17, 15) is 18.3 Å². The number of halogens is 2. The number of carboxylic acid groups (broad SMARTS) is 1. The van der Waals surface area contributed by atoms with Crippen molar-refractivity contribution in [2.45, 2.75) is 48.5 Å². The van der Waals surface area contributed by atoms with Crippen molar-refractivity contribution < 1.29 is 23.1 Å². The minimum absolute atomic E-state index is 0.0135. The van der Waals surface area contributed by atoms with Crippen LogP contribution in [0.2, 0.25) is 10.0 Å². The lowest BCUT2D eigenvalue weighted by atomic mass is 9.84. The first-order chi connectivity index (χ1) is 22.6. The number of sulfonamides is 1. The van der Waals surface area contributed by atoms with Crippen molar-refractivity contribution in [3.05, 3.63) is 123 Å². The van der Waals surface area contributed by atoms with Gasteiger partial charge in [0.15, 0.2) is 0 Å². The van der Waals surface area contributed by atoms with Gasteiger partial charge in [-0.15, -0.1) is 0 Å². The van der Waals surface area contributed by atoms with Gasteiger partial charge in [-0.25, -0.2) is 13.2 Å². The summed E-state index contributed by atoms with van der Waals surface area (Å²) in [6.07, 6.45) is 3.43. The Morgan fingerprint density at radius 2 is 1.45 bits per heavy atom. The Labute approximate surface area is 283 Å². The van der Waals surface area contributed by atoms with Crippen LogP contribution in [0.4, 0.5) is 0 Å². The third kappa shape index (κ3) is 6.13. The Hall–Kier alpha value is -3.89. The zero-order valence-electron chi connectivity index (χ0n) is 25.6. The lowest BCUT2D eigenvalue weighted by molar-refractivity contribution is 0.0693. The van der Waals surface area contributed by atoms with Crippen LogP contribution >= 0.6 is 23.2 Å². The highest BCUT2D eigenvalue weighted by Crippen LogP contribution is 2.44. The highest BCUT2D eigenvalue weighted by atomic mass is 35.5. The molecule has 0 amide bonds. The summed E-state index contributed by atoms with van der Waals surface area (Å²) in [6.45, 7) is 0.677. The van der Waals surface area contributed by atoms with Gasteiger partial charge in [0.2, 0.25) is 10.0 Å². The Kier molecular flexibility index (Phi) is 8.51. The predicted octanol–water partition coefficient (Wildman–Crippen LogP) is 8.13. The maximum Gasteiger partial charge on any atom is 0.339 e. The summed E-state index contributed by atoms with van der Waals surface area (Å²) >= 11 is 12.5. The van der Waals surface area contributed by atoms with E-state index < -0.39 is 16.0 Å². The van der Waals surface area contributed by atoms with Gasteiger partial charge in [0, 0.05) is 52.1 Å². The van der Waals surface area contributed by atoms with E-state index in [1.807, 2.05) is 24.3 Å². The molecule has 1 aliphatic heterocycles. The molecule has 8 nitrogen and oxygen atoms in total. The molecule has 11 heteroatoms. The number of carboxylic acids is 1. The molecule has 2 fully saturated rings. The summed E-state index contributed by atoms with van der Waals surface area (Å²) in [5.74, 6) is -1.10. The lowest BCUT2D eigenvalue weighted by Crippen LogP contribution is -2.38. The van der Waals surface area contributed by atoms with E-state index in [4.69, 9.17) is 33.0 Å². The number of carbonyl (C=O) groups is 1. The first kappa shape index (κ1) is 31.7. The fourth-order valence-corrected chi connectivity index (χ4v) is 8.48. The standard InChI is InChI=1S/C36H33Cl2N3O5S/c1-46-33-21-29(13-14-30(33)36(42)43)47(44,45)40-18-16-24(17-19-40)35-31-20-25(6-15-32(31)39-41(35)28-11-12-28)34(22-2-7-26(37)8-3-22)23-4-9-27(38)10-5-23/h2-10,13-15,20-21,24,28,34H,11-12,16-19H2,1H3,(H,42,43). The molecule has 4 aromatic carbocycles. The molecule has 1 aromatic heterocycles. The summed E-state index contributed by atoms with van der Waals surface area (Å²) in [4.78, 5) is 11.6. The molecule has 1 saturated heterocycles. The van der Waals surface area contributed by atoms with Crippen LogP contribution in [0.1, 0.15) is 76.3 Å². The average molecular weight is 691 g/mol. The van der Waals surface area contributed by atoms with Crippen molar-refractivity contribution in [3.63, 3.8) is 0 Å². The van der Waals surface area contributed by atoms with Crippen LogP contribution in [0, 0.1) is 0 Å². The second-order valence-electron chi connectivity index (χ2n) is 12.2. The van der Waals surface area contributed by atoms with Crippen molar-refractivity contribution >= 4 is 50.1 Å². The number of aromatic carboxylic acids is 1. The molecule has 2 heterocycles. The van der Waals surface area contributed by atoms with E-state index in [0.29, 0.717) is 42.0 Å². The molecule has 0 radical (unpaired) electrons. The van der Waals surface area contributed by atoms with Crippen molar-refractivity contribution in [2.24, 2.45) is 0 Å². The van der Waals surface area contributed by atoms with Gasteiger partial charge >= 0.3 is 5.97 Å². The smallest absolute Gasteiger partial charge is 0.339 e. The molecule has 1 N–H and O–H groups in total. The van der Waals surface area contributed by atoms with E-state index in [-0.39, 0.29) is 28.0 Å². The highest BCUT2D eigenvalue weighted by molar-refractivity contribution is 7.89. The molecule has 0 atom stereocenters. The topological polar surface area (TPSA) is 102 Å². The normalized spacial score (nSPS) is 16.2. The maximum absolute atomic E-state index is 13.6. The molecule has 47 heavy (non-hydrogen) atoms. The van der Waals surface area contributed by atoms with Gasteiger partial charge in [-0.05, 0) is 90.9 Å². The van der Waals surface area contributed by atoms with Crippen molar-refractivity contribution in [3.8, 4) is 5.75 Å². The van der Waals surface area contributed by atoms with E-state index in [1.54, 1.807) is 0 Å². The Morgan fingerprint density at radius 3 is 2.00 bits per heavy atom. The number of methoxy groups -OCH3 is 1. The van der Waals surface area contributed by atoms with E-state index in [0.717, 1.165) is 40.4 Å². The van der Waals surface area contributed by atoms with Crippen LogP contribution in [0.5, 0.6) is 5.75 Å². The summed E-state index contributed by atoms with van der Waals surface area (Å²) in [7, 11) is -2.52. The zero-order chi connectivity index (χ0) is 32.9. The zero-order valence-corrected chi connectivity index (χ0v) is 28.0. The summed E-state index contributed by atoms with van der Waals surface area (Å²) in [5.41, 5.74) is 5.36. The number of ether oxygens (including phenoxy) is 1. The largest absolute Gasteiger partial charge is 0.496 e. The highest BCUT2D eigenvalue weighted by Gasteiger charge is 2.36. The van der Waals surface area contributed by atoms with Crippen LogP contribution in [0.15, 0.2) is 89.8 Å². The number of benzene rings is 4. The molecule has 0 unspecified atom stereocenters. The third-order valence-electron chi connectivity index (χ3n) is 9.27. The molecule has 242 valence electrons. The summed E-state index contributed by atoms with van der Waals surface area (Å²) in [5, 5.41) is 16.9. The molecule has 0 spiro atoms. The first-order valence-corrected chi connectivity index (χ1v) is 17.8. The number of aromatic nitrogens is 2. The monoisotopic (exact) mass is 689 g/mol. The lowest BCUT2D eigenvalue weighted by Gasteiger charge is -2.32. The molecule has 1 aliphatic carbocycles. The quantitative estimate of drug-likeness (QED) is 0.157. The Morgan fingerprint density at radius 1 is 0.851 bits per heavy atom.